The first-order valence-electron chi connectivity index (χ1n) is 6.50. The normalized spacial score (nSPS) is 27.9. The average molecular weight is 233 g/mol. The van der Waals surface area contributed by atoms with Crippen LogP contribution >= 0.6 is 0 Å². The Labute approximate surface area is 104 Å². The van der Waals surface area contributed by atoms with Crippen molar-refractivity contribution in [3.05, 3.63) is 29.8 Å². The second-order valence-corrected chi connectivity index (χ2v) is 6.09. The highest BCUT2D eigenvalue weighted by Crippen LogP contribution is 2.43. The maximum absolute atomic E-state index is 9.30. The highest BCUT2D eigenvalue weighted by atomic mass is 16.3. The molecule has 1 aliphatic carbocycles. The zero-order chi connectivity index (χ0) is 12.5. The third-order valence-corrected chi connectivity index (χ3v) is 4.48. The van der Waals surface area contributed by atoms with Crippen LogP contribution in [0.4, 0.5) is 0 Å². The van der Waals surface area contributed by atoms with Crippen molar-refractivity contribution in [1.29, 1.82) is 0 Å². The number of benzene rings is 1. The summed E-state index contributed by atoms with van der Waals surface area (Å²) in [6.07, 6.45) is 5.74. The summed E-state index contributed by atoms with van der Waals surface area (Å²) in [6, 6.07) is 7.45. The van der Waals surface area contributed by atoms with E-state index in [-0.39, 0.29) is 11.0 Å². The van der Waals surface area contributed by atoms with Gasteiger partial charge < -0.3 is 10.8 Å². The topological polar surface area (TPSA) is 46.2 Å². The van der Waals surface area contributed by atoms with E-state index in [0.29, 0.717) is 5.75 Å². The molecular weight excluding hydrogens is 210 g/mol. The molecule has 1 atom stereocenters. The predicted molar refractivity (Wildman–Crippen MR) is 71.0 cm³/mol. The Morgan fingerprint density at radius 1 is 1.12 bits per heavy atom. The molecule has 2 nitrogen and oxygen atoms in total. The summed E-state index contributed by atoms with van der Waals surface area (Å²) in [6.45, 7) is 4.57. The van der Waals surface area contributed by atoms with Gasteiger partial charge >= 0.3 is 0 Å². The van der Waals surface area contributed by atoms with Gasteiger partial charge in [-0.05, 0) is 42.4 Å². The second kappa shape index (κ2) is 4.34. The Bertz CT molecular complexity index is 382. The van der Waals surface area contributed by atoms with E-state index in [4.69, 9.17) is 5.73 Å². The van der Waals surface area contributed by atoms with Crippen molar-refractivity contribution in [2.45, 2.75) is 51.5 Å². The van der Waals surface area contributed by atoms with Crippen LogP contribution in [-0.2, 0) is 6.42 Å². The van der Waals surface area contributed by atoms with Gasteiger partial charge in [0.05, 0.1) is 0 Å². The molecule has 1 aromatic carbocycles. The largest absolute Gasteiger partial charge is 0.508 e. The van der Waals surface area contributed by atoms with E-state index in [1.165, 1.54) is 24.8 Å². The first-order chi connectivity index (χ1) is 7.93. The number of rotatable bonds is 2. The van der Waals surface area contributed by atoms with Crippen LogP contribution in [0.3, 0.4) is 0 Å². The molecule has 1 saturated carbocycles. The van der Waals surface area contributed by atoms with Crippen molar-refractivity contribution < 1.29 is 5.11 Å². The molecule has 0 spiro atoms. The lowest BCUT2D eigenvalue weighted by atomic mass is 9.61. The molecule has 3 N–H and O–H groups in total. The van der Waals surface area contributed by atoms with E-state index >= 15 is 0 Å². The van der Waals surface area contributed by atoms with Gasteiger partial charge in [-0.2, -0.15) is 0 Å². The van der Waals surface area contributed by atoms with Crippen LogP contribution in [0, 0.1) is 5.41 Å². The standard InChI is InChI=1S/C15H23NO/c1-14(2)9-3-4-10-15(14,16)11-12-5-7-13(17)8-6-12/h5-8,17H,3-4,9-11,16H2,1-2H3. The Balaban J connectivity index is 2.18. The van der Waals surface area contributed by atoms with Crippen molar-refractivity contribution in [2.75, 3.05) is 0 Å². The Hall–Kier alpha value is -1.02. The Morgan fingerprint density at radius 3 is 2.29 bits per heavy atom. The minimum absolute atomic E-state index is 0.109. The van der Waals surface area contributed by atoms with Gasteiger partial charge in [-0.3, -0.25) is 0 Å². The maximum atomic E-state index is 9.30. The zero-order valence-corrected chi connectivity index (χ0v) is 10.9. The number of phenolic OH excluding ortho intramolecular Hbond substituents is 1. The van der Waals surface area contributed by atoms with Crippen molar-refractivity contribution in [3.63, 3.8) is 0 Å². The van der Waals surface area contributed by atoms with E-state index in [1.54, 1.807) is 12.1 Å². The van der Waals surface area contributed by atoms with Gasteiger partial charge in [0.25, 0.3) is 0 Å². The minimum atomic E-state index is -0.109. The molecule has 0 radical (unpaired) electrons. The SMILES string of the molecule is CC1(C)CCCCC1(N)Cc1ccc(O)cc1. The van der Waals surface area contributed by atoms with E-state index in [2.05, 4.69) is 13.8 Å². The fourth-order valence-electron chi connectivity index (χ4n) is 2.90. The summed E-state index contributed by atoms with van der Waals surface area (Å²) in [5.41, 5.74) is 7.96. The van der Waals surface area contributed by atoms with Crippen LogP contribution in [0.25, 0.3) is 0 Å². The van der Waals surface area contributed by atoms with E-state index in [1.807, 2.05) is 12.1 Å². The summed E-state index contributed by atoms with van der Waals surface area (Å²) in [7, 11) is 0. The Morgan fingerprint density at radius 2 is 1.71 bits per heavy atom. The quantitative estimate of drug-likeness (QED) is 0.823. The molecule has 0 aliphatic heterocycles. The number of hydrogen-bond donors (Lipinski definition) is 2. The third kappa shape index (κ3) is 2.47. The molecule has 0 saturated heterocycles. The number of hydrogen-bond acceptors (Lipinski definition) is 2. The highest BCUT2D eigenvalue weighted by Gasteiger charge is 2.43. The monoisotopic (exact) mass is 233 g/mol. The average Bonchev–Trinajstić information content (AvgIpc) is 2.26. The molecule has 0 bridgehead atoms. The van der Waals surface area contributed by atoms with E-state index in [9.17, 15) is 5.11 Å². The third-order valence-electron chi connectivity index (χ3n) is 4.48. The molecule has 1 aliphatic rings. The lowest BCUT2D eigenvalue weighted by Gasteiger charge is -2.48. The van der Waals surface area contributed by atoms with Gasteiger partial charge in [0, 0.05) is 5.54 Å². The van der Waals surface area contributed by atoms with Gasteiger partial charge in [-0.25, -0.2) is 0 Å². The fraction of sp³-hybridized carbons (Fsp3) is 0.600. The van der Waals surface area contributed by atoms with Gasteiger partial charge in [-0.15, -0.1) is 0 Å². The van der Waals surface area contributed by atoms with Gasteiger partial charge in [0.15, 0.2) is 0 Å². The van der Waals surface area contributed by atoms with Gasteiger partial charge in [0.1, 0.15) is 5.75 Å². The molecular formula is C15H23NO. The molecule has 2 heteroatoms. The summed E-state index contributed by atoms with van der Waals surface area (Å²) in [5.74, 6) is 0.322. The van der Waals surface area contributed by atoms with Crippen molar-refractivity contribution in [1.82, 2.24) is 0 Å². The highest BCUT2D eigenvalue weighted by molar-refractivity contribution is 5.28. The van der Waals surface area contributed by atoms with E-state index < -0.39 is 0 Å². The maximum Gasteiger partial charge on any atom is 0.115 e. The molecule has 94 valence electrons. The Kier molecular flexibility index (Phi) is 3.17. The zero-order valence-electron chi connectivity index (χ0n) is 10.9. The minimum Gasteiger partial charge on any atom is -0.508 e. The fourth-order valence-corrected chi connectivity index (χ4v) is 2.90. The van der Waals surface area contributed by atoms with Crippen LogP contribution in [0.1, 0.15) is 45.1 Å². The smallest absolute Gasteiger partial charge is 0.115 e. The van der Waals surface area contributed by atoms with Crippen LogP contribution in [0.2, 0.25) is 0 Å². The number of nitrogens with two attached hydrogens (primary N) is 1. The summed E-state index contributed by atoms with van der Waals surface area (Å²) in [5, 5.41) is 9.30. The van der Waals surface area contributed by atoms with Crippen LogP contribution in [0.15, 0.2) is 24.3 Å². The van der Waals surface area contributed by atoms with Crippen molar-refractivity contribution in [3.8, 4) is 5.75 Å². The van der Waals surface area contributed by atoms with E-state index in [0.717, 1.165) is 12.8 Å². The van der Waals surface area contributed by atoms with Crippen molar-refractivity contribution >= 4 is 0 Å². The molecule has 0 aromatic heterocycles. The first kappa shape index (κ1) is 12.4. The molecule has 17 heavy (non-hydrogen) atoms. The second-order valence-electron chi connectivity index (χ2n) is 6.09. The summed E-state index contributed by atoms with van der Waals surface area (Å²) < 4.78 is 0. The lowest BCUT2D eigenvalue weighted by molar-refractivity contribution is 0.0990. The predicted octanol–water partition coefficient (Wildman–Crippen LogP) is 3.23. The number of aromatic hydroxyl groups is 1. The van der Waals surface area contributed by atoms with Crippen LogP contribution in [-0.4, -0.2) is 10.6 Å². The van der Waals surface area contributed by atoms with Gasteiger partial charge in [0.2, 0.25) is 0 Å². The molecule has 1 fully saturated rings. The summed E-state index contributed by atoms with van der Waals surface area (Å²) >= 11 is 0. The van der Waals surface area contributed by atoms with Crippen LogP contribution < -0.4 is 5.73 Å². The van der Waals surface area contributed by atoms with Gasteiger partial charge in [-0.1, -0.05) is 38.8 Å². The molecule has 0 heterocycles. The molecule has 2 rings (SSSR count). The summed E-state index contributed by atoms with van der Waals surface area (Å²) in [4.78, 5) is 0. The molecule has 1 aromatic rings. The molecule has 1 unspecified atom stereocenters. The van der Waals surface area contributed by atoms with Crippen molar-refractivity contribution in [2.24, 2.45) is 11.1 Å². The lowest BCUT2D eigenvalue weighted by Crippen LogP contribution is -2.56. The first-order valence-corrected chi connectivity index (χ1v) is 6.50. The number of phenols is 1. The molecule has 0 amide bonds. The van der Waals surface area contributed by atoms with Crippen LogP contribution in [0.5, 0.6) is 5.75 Å².